The molecule has 1 aliphatic heterocycles. The molecular weight excluding hydrogens is 404 g/mol. The maximum atomic E-state index is 13.3. The van der Waals surface area contributed by atoms with Crippen LogP contribution in [-0.4, -0.2) is 63.7 Å². The van der Waals surface area contributed by atoms with E-state index in [1.165, 1.54) is 12.8 Å². The van der Waals surface area contributed by atoms with Gasteiger partial charge in [0.1, 0.15) is 5.69 Å². The molecule has 0 atom stereocenters. The molecule has 8 nitrogen and oxygen atoms in total. The number of aromatic nitrogens is 4. The van der Waals surface area contributed by atoms with E-state index in [1.807, 2.05) is 43.7 Å². The summed E-state index contributed by atoms with van der Waals surface area (Å²) < 4.78 is 7.50. The highest BCUT2D eigenvalue weighted by atomic mass is 16.5. The summed E-state index contributed by atoms with van der Waals surface area (Å²) in [5.74, 6) is 1.37. The zero-order chi connectivity index (χ0) is 21.9. The number of morpholine rings is 1. The molecule has 1 saturated carbocycles. The van der Waals surface area contributed by atoms with Crippen molar-refractivity contribution in [2.75, 3.05) is 38.3 Å². The van der Waals surface area contributed by atoms with Crippen molar-refractivity contribution in [2.24, 2.45) is 5.92 Å². The second-order valence-corrected chi connectivity index (χ2v) is 8.56. The Kier molecular flexibility index (Phi) is 5.85. The van der Waals surface area contributed by atoms with Crippen LogP contribution in [0.15, 0.2) is 49.1 Å². The Morgan fingerprint density at radius 2 is 1.91 bits per heavy atom. The molecule has 1 aliphatic carbocycles. The van der Waals surface area contributed by atoms with Crippen LogP contribution in [0.5, 0.6) is 0 Å². The van der Waals surface area contributed by atoms with Crippen LogP contribution in [0.3, 0.4) is 0 Å². The van der Waals surface area contributed by atoms with Crippen molar-refractivity contribution in [3.8, 4) is 11.1 Å². The Bertz CT molecular complexity index is 1060. The molecule has 3 aromatic rings. The summed E-state index contributed by atoms with van der Waals surface area (Å²) in [7, 11) is 1.82. The van der Waals surface area contributed by atoms with Gasteiger partial charge in [0.2, 0.25) is 5.95 Å². The number of ether oxygens (including phenoxy) is 1. The summed E-state index contributed by atoms with van der Waals surface area (Å²) >= 11 is 0. The van der Waals surface area contributed by atoms with Crippen molar-refractivity contribution in [1.29, 1.82) is 0 Å². The van der Waals surface area contributed by atoms with Gasteiger partial charge < -0.3 is 19.1 Å². The van der Waals surface area contributed by atoms with Crippen molar-refractivity contribution in [3.05, 3.63) is 60.4 Å². The zero-order valence-corrected chi connectivity index (χ0v) is 18.4. The molecule has 0 bridgehead atoms. The average molecular weight is 433 g/mol. The van der Waals surface area contributed by atoms with Crippen molar-refractivity contribution in [2.45, 2.75) is 25.9 Å². The zero-order valence-electron chi connectivity index (χ0n) is 18.4. The predicted octanol–water partition coefficient (Wildman–Crippen LogP) is 2.86. The van der Waals surface area contributed by atoms with E-state index in [-0.39, 0.29) is 5.91 Å². The maximum absolute atomic E-state index is 13.3. The van der Waals surface area contributed by atoms with Crippen molar-refractivity contribution in [1.82, 2.24) is 24.4 Å². The van der Waals surface area contributed by atoms with E-state index in [1.54, 1.807) is 11.1 Å². The Morgan fingerprint density at radius 3 is 2.59 bits per heavy atom. The van der Waals surface area contributed by atoms with Crippen molar-refractivity contribution < 1.29 is 9.53 Å². The first-order chi connectivity index (χ1) is 15.7. The van der Waals surface area contributed by atoms with Gasteiger partial charge >= 0.3 is 0 Å². The standard InChI is InChI=1S/C24H28N6O2/c1-28(17-21-4-2-3-7-25-21)23(31)22-12-19(16-30(22)15-18-5-6-18)20-13-26-24(27-14-20)29-8-10-32-11-9-29/h2-4,7,12-14,16,18H,5-6,8-11,15,17H2,1H3. The van der Waals surface area contributed by atoms with E-state index < -0.39 is 0 Å². The number of carbonyl (C=O) groups is 1. The number of anilines is 1. The fourth-order valence-electron chi connectivity index (χ4n) is 3.98. The molecule has 5 rings (SSSR count). The van der Waals surface area contributed by atoms with Gasteiger partial charge in [0.25, 0.3) is 5.91 Å². The number of nitrogens with zero attached hydrogens (tertiary/aromatic N) is 6. The van der Waals surface area contributed by atoms with Gasteiger partial charge in [-0.2, -0.15) is 0 Å². The quantitative estimate of drug-likeness (QED) is 0.571. The Labute approximate surface area is 187 Å². The molecule has 0 aromatic carbocycles. The summed E-state index contributed by atoms with van der Waals surface area (Å²) in [6, 6.07) is 7.72. The van der Waals surface area contributed by atoms with Gasteiger partial charge in [-0.25, -0.2) is 9.97 Å². The summed E-state index contributed by atoms with van der Waals surface area (Å²) in [6.45, 7) is 4.35. The normalized spacial score (nSPS) is 16.2. The monoisotopic (exact) mass is 432 g/mol. The number of amides is 1. The first kappa shape index (κ1) is 20.6. The number of rotatable bonds is 7. The van der Waals surface area contributed by atoms with Gasteiger partial charge in [-0.05, 0) is 37.0 Å². The molecule has 0 spiro atoms. The number of carbonyl (C=O) groups excluding carboxylic acids is 1. The Balaban J connectivity index is 1.37. The molecule has 8 heteroatoms. The number of hydrogen-bond donors (Lipinski definition) is 0. The third-order valence-electron chi connectivity index (χ3n) is 6.00. The molecule has 0 N–H and O–H groups in total. The van der Waals surface area contributed by atoms with Gasteiger partial charge in [-0.15, -0.1) is 0 Å². The van der Waals surface area contributed by atoms with Gasteiger partial charge in [-0.1, -0.05) is 6.07 Å². The second kappa shape index (κ2) is 9.08. The highest BCUT2D eigenvalue weighted by Gasteiger charge is 2.26. The average Bonchev–Trinajstić information content (AvgIpc) is 3.56. The minimum atomic E-state index is -0.00610. The Hall–Kier alpha value is -3.26. The van der Waals surface area contributed by atoms with E-state index in [4.69, 9.17) is 4.74 Å². The van der Waals surface area contributed by atoms with Crippen molar-refractivity contribution >= 4 is 11.9 Å². The summed E-state index contributed by atoms with van der Waals surface area (Å²) in [5.41, 5.74) is 3.45. The van der Waals surface area contributed by atoms with E-state index in [0.29, 0.717) is 31.4 Å². The minimum Gasteiger partial charge on any atom is -0.378 e. The number of pyridine rings is 1. The van der Waals surface area contributed by atoms with Gasteiger partial charge in [0.15, 0.2) is 0 Å². The molecule has 0 radical (unpaired) electrons. The SMILES string of the molecule is CN(Cc1ccccn1)C(=O)c1cc(-c2cnc(N3CCOCC3)nc2)cn1CC1CC1. The number of hydrogen-bond acceptors (Lipinski definition) is 6. The van der Waals surface area contributed by atoms with Crippen LogP contribution in [0.4, 0.5) is 5.95 Å². The molecule has 4 heterocycles. The molecule has 1 saturated heterocycles. The fourth-order valence-corrected chi connectivity index (χ4v) is 3.98. The van der Waals surface area contributed by atoms with E-state index >= 15 is 0 Å². The van der Waals surface area contributed by atoms with E-state index in [9.17, 15) is 4.79 Å². The van der Waals surface area contributed by atoms with E-state index in [2.05, 4.69) is 30.6 Å². The topological polar surface area (TPSA) is 76.4 Å². The lowest BCUT2D eigenvalue weighted by atomic mass is 10.2. The summed E-state index contributed by atoms with van der Waals surface area (Å²) in [6.07, 6.45) is 9.96. The molecule has 2 fully saturated rings. The maximum Gasteiger partial charge on any atom is 0.270 e. The van der Waals surface area contributed by atoms with Crippen LogP contribution in [0.25, 0.3) is 11.1 Å². The fraction of sp³-hybridized carbons (Fsp3) is 0.417. The lowest BCUT2D eigenvalue weighted by molar-refractivity contribution is 0.0772. The van der Waals surface area contributed by atoms with Crippen LogP contribution < -0.4 is 4.90 Å². The van der Waals surface area contributed by atoms with Crippen LogP contribution in [-0.2, 0) is 17.8 Å². The first-order valence-corrected chi connectivity index (χ1v) is 11.2. The van der Waals surface area contributed by atoms with Crippen LogP contribution in [0, 0.1) is 5.92 Å². The van der Waals surface area contributed by atoms with Gasteiger partial charge in [0.05, 0.1) is 25.5 Å². The largest absolute Gasteiger partial charge is 0.378 e. The lowest BCUT2D eigenvalue weighted by Crippen LogP contribution is -2.37. The highest BCUT2D eigenvalue weighted by molar-refractivity contribution is 5.94. The summed E-state index contributed by atoms with van der Waals surface area (Å²) in [5, 5.41) is 0. The molecule has 3 aromatic heterocycles. The van der Waals surface area contributed by atoms with Crippen molar-refractivity contribution in [3.63, 3.8) is 0 Å². The van der Waals surface area contributed by atoms with Crippen LogP contribution >= 0.6 is 0 Å². The first-order valence-electron chi connectivity index (χ1n) is 11.2. The molecular formula is C24H28N6O2. The van der Waals surface area contributed by atoms with Gasteiger partial charge in [-0.3, -0.25) is 9.78 Å². The third-order valence-corrected chi connectivity index (χ3v) is 6.00. The molecule has 32 heavy (non-hydrogen) atoms. The highest BCUT2D eigenvalue weighted by Crippen LogP contribution is 2.33. The lowest BCUT2D eigenvalue weighted by Gasteiger charge is -2.26. The molecule has 1 amide bonds. The predicted molar refractivity (Wildman–Crippen MR) is 121 cm³/mol. The molecule has 166 valence electrons. The minimum absolute atomic E-state index is 0.00610. The van der Waals surface area contributed by atoms with E-state index in [0.717, 1.165) is 42.4 Å². The third kappa shape index (κ3) is 4.65. The molecule has 2 aliphatic rings. The second-order valence-electron chi connectivity index (χ2n) is 8.56. The van der Waals surface area contributed by atoms with Gasteiger partial charge in [0, 0.05) is 62.6 Å². The molecule has 0 unspecified atom stereocenters. The van der Waals surface area contributed by atoms with Crippen LogP contribution in [0.1, 0.15) is 29.0 Å². The Morgan fingerprint density at radius 1 is 1.12 bits per heavy atom. The smallest absolute Gasteiger partial charge is 0.270 e. The summed E-state index contributed by atoms with van der Waals surface area (Å²) in [4.78, 5) is 30.7. The van der Waals surface area contributed by atoms with Crippen LogP contribution in [0.2, 0.25) is 0 Å².